The lowest BCUT2D eigenvalue weighted by atomic mass is 10.1. The molecule has 0 aliphatic heterocycles. The van der Waals surface area contributed by atoms with E-state index >= 15 is 0 Å². The van der Waals surface area contributed by atoms with Crippen molar-refractivity contribution < 1.29 is 0 Å². The van der Waals surface area contributed by atoms with Crippen molar-refractivity contribution >= 4 is 28.3 Å². The maximum Gasteiger partial charge on any atom is 0.130 e. The molecule has 1 unspecified atom stereocenters. The van der Waals surface area contributed by atoms with Gasteiger partial charge in [0, 0.05) is 41.5 Å². The Bertz CT molecular complexity index is 1100. The first-order valence-electron chi connectivity index (χ1n) is 8.93. The Balaban J connectivity index is 1.66. The molecule has 0 saturated heterocycles. The minimum absolute atomic E-state index is 0.111. The summed E-state index contributed by atoms with van der Waals surface area (Å²) in [5, 5.41) is 5.43. The molecule has 5 heteroatoms. The minimum atomic E-state index is 0.111. The Morgan fingerprint density at radius 2 is 1.78 bits per heavy atom. The fourth-order valence-electron chi connectivity index (χ4n) is 3.27. The van der Waals surface area contributed by atoms with Crippen LogP contribution in [-0.4, -0.2) is 14.5 Å². The van der Waals surface area contributed by atoms with Gasteiger partial charge in [-0.15, -0.1) is 0 Å². The molecule has 0 saturated carbocycles. The van der Waals surface area contributed by atoms with Gasteiger partial charge in [0.25, 0.3) is 0 Å². The maximum atomic E-state index is 5.99. The molecule has 4 aromatic rings. The standard InChI is InChI=1S/C22H21ClN4/c1-14(16-6-8-19(23)9-7-16)24-22-13-20(25-15(2)26-22)18-5-4-17-10-11-27(3)21(17)12-18/h4-14H,1-3H3,(H,24,25,26). The summed E-state index contributed by atoms with van der Waals surface area (Å²) in [6, 6.07) is 18.5. The molecular weight excluding hydrogens is 356 g/mol. The van der Waals surface area contributed by atoms with Crippen LogP contribution in [0.1, 0.15) is 24.4 Å². The maximum absolute atomic E-state index is 5.99. The smallest absolute Gasteiger partial charge is 0.130 e. The van der Waals surface area contributed by atoms with Gasteiger partial charge in [-0.1, -0.05) is 35.9 Å². The number of halogens is 1. The van der Waals surface area contributed by atoms with E-state index in [1.165, 1.54) is 10.9 Å². The predicted molar refractivity (Wildman–Crippen MR) is 112 cm³/mol. The van der Waals surface area contributed by atoms with Crippen LogP contribution in [0, 0.1) is 6.92 Å². The lowest BCUT2D eigenvalue weighted by Crippen LogP contribution is -2.09. The highest BCUT2D eigenvalue weighted by atomic mass is 35.5. The number of hydrogen-bond acceptors (Lipinski definition) is 3. The number of hydrogen-bond donors (Lipinski definition) is 1. The second-order valence-corrected chi connectivity index (χ2v) is 7.24. The number of fused-ring (bicyclic) bond motifs is 1. The van der Waals surface area contributed by atoms with Gasteiger partial charge in [-0.2, -0.15) is 0 Å². The molecule has 4 rings (SSSR count). The molecule has 0 amide bonds. The van der Waals surface area contributed by atoms with Gasteiger partial charge in [-0.3, -0.25) is 0 Å². The van der Waals surface area contributed by atoms with Gasteiger partial charge >= 0.3 is 0 Å². The van der Waals surface area contributed by atoms with Gasteiger partial charge in [0.2, 0.25) is 0 Å². The Labute approximate surface area is 163 Å². The van der Waals surface area contributed by atoms with Crippen LogP contribution in [0.3, 0.4) is 0 Å². The third-order valence-electron chi connectivity index (χ3n) is 4.76. The van der Waals surface area contributed by atoms with Crippen LogP contribution in [0.15, 0.2) is 60.8 Å². The van der Waals surface area contributed by atoms with E-state index < -0.39 is 0 Å². The van der Waals surface area contributed by atoms with Crippen LogP contribution in [-0.2, 0) is 7.05 Å². The monoisotopic (exact) mass is 376 g/mol. The van der Waals surface area contributed by atoms with Gasteiger partial charge in [-0.05, 0) is 49.1 Å². The zero-order valence-corrected chi connectivity index (χ0v) is 16.3. The summed E-state index contributed by atoms with van der Waals surface area (Å²) in [6.07, 6.45) is 2.07. The number of aromatic nitrogens is 3. The van der Waals surface area contributed by atoms with Crippen LogP contribution in [0.25, 0.3) is 22.2 Å². The van der Waals surface area contributed by atoms with Crippen molar-refractivity contribution in [2.45, 2.75) is 19.9 Å². The fourth-order valence-corrected chi connectivity index (χ4v) is 3.39. The predicted octanol–water partition coefficient (Wildman–Crippen LogP) is 5.77. The van der Waals surface area contributed by atoms with E-state index in [1.807, 2.05) is 37.3 Å². The molecule has 0 aliphatic rings. The average molecular weight is 377 g/mol. The highest BCUT2D eigenvalue weighted by molar-refractivity contribution is 6.30. The second-order valence-electron chi connectivity index (χ2n) is 6.80. The Kier molecular flexibility index (Phi) is 4.58. The van der Waals surface area contributed by atoms with E-state index in [0.717, 1.165) is 33.5 Å². The second kappa shape index (κ2) is 7.05. The number of rotatable bonds is 4. The summed E-state index contributed by atoms with van der Waals surface area (Å²) in [5.41, 5.74) is 4.34. The molecule has 136 valence electrons. The Morgan fingerprint density at radius 1 is 1.00 bits per heavy atom. The van der Waals surface area contributed by atoms with Crippen LogP contribution in [0.5, 0.6) is 0 Å². The van der Waals surface area contributed by atoms with Gasteiger partial charge in [0.05, 0.1) is 5.69 Å². The van der Waals surface area contributed by atoms with E-state index in [1.54, 1.807) is 0 Å². The van der Waals surface area contributed by atoms with Crippen molar-refractivity contribution in [3.8, 4) is 11.3 Å². The fraction of sp³-hybridized carbons (Fsp3) is 0.182. The molecule has 1 N–H and O–H groups in total. The summed E-state index contributed by atoms with van der Waals surface area (Å²) in [7, 11) is 2.05. The number of anilines is 1. The molecule has 0 fully saturated rings. The van der Waals surface area contributed by atoms with E-state index in [-0.39, 0.29) is 6.04 Å². The summed E-state index contributed by atoms with van der Waals surface area (Å²) in [5.74, 6) is 1.55. The van der Waals surface area contributed by atoms with E-state index in [4.69, 9.17) is 11.6 Å². The molecule has 0 aliphatic carbocycles. The van der Waals surface area contributed by atoms with Gasteiger partial charge in [-0.25, -0.2) is 9.97 Å². The van der Waals surface area contributed by atoms with E-state index in [2.05, 4.69) is 64.3 Å². The third-order valence-corrected chi connectivity index (χ3v) is 5.01. The molecular formula is C22H21ClN4. The van der Waals surface area contributed by atoms with Gasteiger partial charge < -0.3 is 9.88 Å². The first-order valence-corrected chi connectivity index (χ1v) is 9.30. The normalized spacial score (nSPS) is 12.3. The van der Waals surface area contributed by atoms with Crippen molar-refractivity contribution in [3.63, 3.8) is 0 Å². The Morgan fingerprint density at radius 3 is 2.56 bits per heavy atom. The number of benzene rings is 2. The molecule has 27 heavy (non-hydrogen) atoms. The van der Waals surface area contributed by atoms with Crippen LogP contribution in [0.2, 0.25) is 5.02 Å². The lowest BCUT2D eigenvalue weighted by molar-refractivity contribution is 0.867. The van der Waals surface area contributed by atoms with E-state index in [9.17, 15) is 0 Å². The summed E-state index contributed by atoms with van der Waals surface area (Å²) >= 11 is 5.99. The highest BCUT2D eigenvalue weighted by Gasteiger charge is 2.10. The zero-order chi connectivity index (χ0) is 19.0. The van der Waals surface area contributed by atoms with Gasteiger partial charge in [0.15, 0.2) is 0 Å². The lowest BCUT2D eigenvalue weighted by Gasteiger charge is -2.16. The van der Waals surface area contributed by atoms with Crippen LogP contribution < -0.4 is 5.32 Å². The van der Waals surface area contributed by atoms with Gasteiger partial charge in [0.1, 0.15) is 11.6 Å². The molecule has 0 spiro atoms. The van der Waals surface area contributed by atoms with Crippen molar-refractivity contribution in [2.75, 3.05) is 5.32 Å². The van der Waals surface area contributed by atoms with Crippen molar-refractivity contribution in [1.29, 1.82) is 0 Å². The third kappa shape index (κ3) is 3.67. The molecule has 0 bridgehead atoms. The SMILES string of the molecule is Cc1nc(NC(C)c2ccc(Cl)cc2)cc(-c2ccc3ccn(C)c3c2)n1. The largest absolute Gasteiger partial charge is 0.363 e. The molecule has 2 aromatic carbocycles. The zero-order valence-electron chi connectivity index (χ0n) is 15.6. The highest BCUT2D eigenvalue weighted by Crippen LogP contribution is 2.26. The van der Waals surface area contributed by atoms with Crippen LogP contribution >= 0.6 is 11.6 Å². The molecule has 4 nitrogen and oxygen atoms in total. The van der Waals surface area contributed by atoms with Crippen molar-refractivity contribution in [3.05, 3.63) is 77.2 Å². The summed E-state index contributed by atoms with van der Waals surface area (Å²) < 4.78 is 2.12. The number of nitrogens with one attached hydrogen (secondary N) is 1. The van der Waals surface area contributed by atoms with Crippen molar-refractivity contribution in [2.24, 2.45) is 7.05 Å². The van der Waals surface area contributed by atoms with Crippen LogP contribution in [0.4, 0.5) is 5.82 Å². The molecule has 2 aromatic heterocycles. The van der Waals surface area contributed by atoms with E-state index in [0.29, 0.717) is 0 Å². The average Bonchev–Trinajstić information content (AvgIpc) is 3.02. The topological polar surface area (TPSA) is 42.7 Å². The first kappa shape index (κ1) is 17.6. The molecule has 2 heterocycles. The minimum Gasteiger partial charge on any atom is -0.363 e. The molecule has 1 atom stereocenters. The summed E-state index contributed by atoms with van der Waals surface area (Å²) in [6.45, 7) is 4.03. The number of aryl methyl sites for hydroxylation is 2. The van der Waals surface area contributed by atoms with Crippen molar-refractivity contribution in [1.82, 2.24) is 14.5 Å². The summed E-state index contributed by atoms with van der Waals surface area (Å²) in [4.78, 5) is 9.20. The molecule has 0 radical (unpaired) electrons. The number of nitrogens with zero attached hydrogens (tertiary/aromatic N) is 3. The first-order chi connectivity index (χ1) is 13.0. The Hall–Kier alpha value is -2.85. The quantitative estimate of drug-likeness (QED) is 0.491.